The van der Waals surface area contributed by atoms with E-state index in [2.05, 4.69) is 16.4 Å². The van der Waals surface area contributed by atoms with Gasteiger partial charge in [-0.25, -0.2) is 4.98 Å². The van der Waals surface area contributed by atoms with E-state index in [1.165, 1.54) is 11.3 Å². The molecule has 3 aromatic carbocycles. The lowest BCUT2D eigenvalue weighted by molar-refractivity contribution is -0.123. The van der Waals surface area contributed by atoms with Crippen LogP contribution in [0.3, 0.4) is 0 Å². The number of thiazole rings is 1. The lowest BCUT2D eigenvalue weighted by Gasteiger charge is -2.18. The lowest BCUT2D eigenvalue weighted by Crippen LogP contribution is -2.25. The van der Waals surface area contributed by atoms with Crippen LogP contribution in [0.2, 0.25) is 0 Å². The van der Waals surface area contributed by atoms with Crippen molar-refractivity contribution in [1.29, 1.82) is 5.26 Å². The van der Waals surface area contributed by atoms with Gasteiger partial charge in [0.15, 0.2) is 5.13 Å². The van der Waals surface area contributed by atoms with Crippen LogP contribution < -0.4 is 10.1 Å². The molecule has 7 nitrogen and oxygen atoms in total. The highest BCUT2D eigenvalue weighted by Crippen LogP contribution is 2.30. The van der Waals surface area contributed by atoms with Crippen molar-refractivity contribution in [3.63, 3.8) is 0 Å². The maximum atomic E-state index is 13.2. The molecule has 0 bridgehead atoms. The number of aliphatic hydroxyl groups is 2. The molecule has 0 aliphatic rings. The number of anilines is 1. The molecule has 32 heavy (non-hydrogen) atoms. The fraction of sp³-hybridized carbons (Fsp3) is 0.125. The molecule has 1 atom stereocenters. The van der Waals surface area contributed by atoms with Crippen molar-refractivity contribution in [1.82, 2.24) is 4.98 Å². The van der Waals surface area contributed by atoms with Crippen LogP contribution in [-0.2, 0) is 18.0 Å². The highest BCUT2D eigenvalue weighted by atomic mass is 32.1. The van der Waals surface area contributed by atoms with Crippen molar-refractivity contribution < 1.29 is 19.7 Å². The van der Waals surface area contributed by atoms with E-state index in [0.29, 0.717) is 38.7 Å². The van der Waals surface area contributed by atoms with Crippen molar-refractivity contribution in [2.45, 2.75) is 19.3 Å². The van der Waals surface area contributed by atoms with Crippen molar-refractivity contribution in [2.75, 3.05) is 5.32 Å². The first-order valence-electron chi connectivity index (χ1n) is 9.78. The number of ether oxygens (including phenoxy) is 1. The zero-order chi connectivity index (χ0) is 22.5. The SMILES string of the molecule is N#Cc1ccc(OC(C(=O)Nc2nc3cc(CO)c(CO)cc3s2)c2ccccc2)cc1. The molecule has 1 amide bonds. The number of fused-ring (bicyclic) bond motifs is 1. The Bertz CT molecular complexity index is 1240. The van der Waals surface area contributed by atoms with Crippen LogP contribution in [0.1, 0.15) is 28.4 Å². The maximum Gasteiger partial charge on any atom is 0.271 e. The Hall–Kier alpha value is -3.77. The van der Waals surface area contributed by atoms with Crippen molar-refractivity contribution in [3.05, 3.63) is 89.0 Å². The molecule has 0 saturated heterocycles. The Labute approximate surface area is 188 Å². The zero-order valence-electron chi connectivity index (χ0n) is 16.9. The first-order valence-corrected chi connectivity index (χ1v) is 10.6. The molecule has 8 heteroatoms. The van der Waals surface area contributed by atoms with Crippen LogP contribution >= 0.6 is 11.3 Å². The predicted molar refractivity (Wildman–Crippen MR) is 121 cm³/mol. The second-order valence-corrected chi connectivity index (χ2v) is 7.99. The molecule has 3 N–H and O–H groups in total. The van der Waals surface area contributed by atoms with E-state index in [9.17, 15) is 15.0 Å². The van der Waals surface area contributed by atoms with Crippen LogP contribution in [0.4, 0.5) is 5.13 Å². The second-order valence-electron chi connectivity index (χ2n) is 6.96. The number of carbonyl (C=O) groups is 1. The topological polar surface area (TPSA) is 115 Å². The number of nitrogens with one attached hydrogen (secondary N) is 1. The number of amides is 1. The summed E-state index contributed by atoms with van der Waals surface area (Å²) in [5, 5.41) is 31.2. The molecule has 0 saturated carbocycles. The number of hydrogen-bond donors (Lipinski definition) is 3. The van der Waals surface area contributed by atoms with Gasteiger partial charge in [0.25, 0.3) is 5.91 Å². The lowest BCUT2D eigenvalue weighted by atomic mass is 10.1. The van der Waals surface area contributed by atoms with E-state index < -0.39 is 12.0 Å². The minimum Gasteiger partial charge on any atom is -0.476 e. The molecular weight excluding hydrogens is 426 g/mol. The third kappa shape index (κ3) is 4.60. The number of aromatic nitrogens is 1. The predicted octanol–water partition coefficient (Wildman–Crippen LogP) is 3.91. The van der Waals surface area contributed by atoms with E-state index in [4.69, 9.17) is 10.00 Å². The number of carbonyl (C=O) groups excluding carboxylic acids is 1. The molecule has 4 aromatic rings. The van der Waals surface area contributed by atoms with Gasteiger partial charge in [0.05, 0.1) is 35.1 Å². The third-order valence-electron chi connectivity index (χ3n) is 4.86. The second kappa shape index (κ2) is 9.58. The van der Waals surface area contributed by atoms with Crippen molar-refractivity contribution in [3.8, 4) is 11.8 Å². The van der Waals surface area contributed by atoms with Gasteiger partial charge in [-0.05, 0) is 47.5 Å². The highest BCUT2D eigenvalue weighted by Gasteiger charge is 2.24. The summed E-state index contributed by atoms with van der Waals surface area (Å²) in [7, 11) is 0. The average molecular weight is 446 g/mol. The fourth-order valence-electron chi connectivity index (χ4n) is 3.22. The van der Waals surface area contributed by atoms with Gasteiger partial charge in [-0.3, -0.25) is 10.1 Å². The molecule has 1 unspecified atom stereocenters. The molecule has 0 aliphatic heterocycles. The fourth-order valence-corrected chi connectivity index (χ4v) is 4.14. The number of benzene rings is 3. The first kappa shape index (κ1) is 21.5. The maximum absolute atomic E-state index is 13.2. The van der Waals surface area contributed by atoms with Crippen LogP contribution in [0, 0.1) is 11.3 Å². The van der Waals surface area contributed by atoms with Gasteiger partial charge in [-0.2, -0.15) is 5.26 Å². The number of nitrogens with zero attached hydrogens (tertiary/aromatic N) is 2. The van der Waals surface area contributed by atoms with Crippen LogP contribution in [0.5, 0.6) is 5.75 Å². The van der Waals surface area contributed by atoms with Gasteiger partial charge in [0.1, 0.15) is 5.75 Å². The van der Waals surface area contributed by atoms with Crippen LogP contribution in [0.15, 0.2) is 66.7 Å². The molecular formula is C24H19N3O4S. The van der Waals surface area contributed by atoms with Gasteiger partial charge in [0, 0.05) is 5.56 Å². The van der Waals surface area contributed by atoms with Gasteiger partial charge in [0.2, 0.25) is 6.10 Å². The standard InChI is InChI=1S/C24H19N3O4S/c25-12-15-6-8-19(9-7-15)31-22(16-4-2-1-3-5-16)23(30)27-24-26-20-10-17(13-28)18(14-29)11-21(20)32-24/h1-11,22,28-29H,13-14H2,(H,26,27,30). The molecule has 1 heterocycles. The molecule has 0 spiro atoms. The summed E-state index contributed by atoms with van der Waals surface area (Å²) in [6.45, 7) is -0.403. The minimum atomic E-state index is -0.933. The largest absolute Gasteiger partial charge is 0.476 e. The molecule has 4 rings (SSSR count). The molecule has 0 aliphatic carbocycles. The first-order chi connectivity index (χ1) is 15.6. The Kier molecular flexibility index (Phi) is 6.42. The summed E-state index contributed by atoms with van der Waals surface area (Å²) in [5.41, 5.74) is 3.00. The summed E-state index contributed by atoms with van der Waals surface area (Å²) < 4.78 is 6.75. The third-order valence-corrected chi connectivity index (χ3v) is 5.79. The number of hydrogen-bond acceptors (Lipinski definition) is 7. The Balaban J connectivity index is 1.61. The van der Waals surface area contributed by atoms with E-state index in [1.807, 2.05) is 18.2 Å². The molecule has 1 aromatic heterocycles. The van der Waals surface area contributed by atoms with Crippen molar-refractivity contribution >= 4 is 32.6 Å². The molecule has 0 fully saturated rings. The summed E-state index contributed by atoms with van der Waals surface area (Å²) in [4.78, 5) is 17.6. The number of nitriles is 1. The Morgan fingerprint density at radius 3 is 2.41 bits per heavy atom. The van der Waals surface area contributed by atoms with E-state index in [0.717, 1.165) is 4.70 Å². The van der Waals surface area contributed by atoms with Crippen LogP contribution in [-0.4, -0.2) is 21.1 Å². The van der Waals surface area contributed by atoms with Crippen LogP contribution in [0.25, 0.3) is 10.2 Å². The van der Waals surface area contributed by atoms with Gasteiger partial charge >= 0.3 is 0 Å². The van der Waals surface area contributed by atoms with Gasteiger partial charge in [-0.1, -0.05) is 41.7 Å². The average Bonchev–Trinajstić information content (AvgIpc) is 3.23. The van der Waals surface area contributed by atoms with Crippen molar-refractivity contribution in [2.24, 2.45) is 0 Å². The van der Waals surface area contributed by atoms with Gasteiger partial charge in [-0.15, -0.1) is 0 Å². The zero-order valence-corrected chi connectivity index (χ0v) is 17.7. The van der Waals surface area contributed by atoms with E-state index in [-0.39, 0.29) is 13.2 Å². The van der Waals surface area contributed by atoms with Gasteiger partial charge < -0.3 is 14.9 Å². The van der Waals surface area contributed by atoms with E-state index in [1.54, 1.807) is 48.5 Å². The minimum absolute atomic E-state index is 0.195. The monoisotopic (exact) mass is 445 g/mol. The molecule has 0 radical (unpaired) electrons. The Morgan fingerprint density at radius 2 is 1.75 bits per heavy atom. The molecule has 160 valence electrons. The number of rotatable bonds is 7. The summed E-state index contributed by atoms with van der Waals surface area (Å²) in [5.74, 6) is 0.0573. The Morgan fingerprint density at radius 1 is 1.06 bits per heavy atom. The smallest absolute Gasteiger partial charge is 0.271 e. The summed E-state index contributed by atoms with van der Waals surface area (Å²) >= 11 is 1.27. The van der Waals surface area contributed by atoms with E-state index >= 15 is 0 Å². The quantitative estimate of drug-likeness (QED) is 0.397. The normalized spacial score (nSPS) is 11.7. The number of aliphatic hydroxyl groups excluding tert-OH is 2. The summed E-state index contributed by atoms with van der Waals surface area (Å²) in [6.07, 6.45) is -0.933. The summed E-state index contributed by atoms with van der Waals surface area (Å²) in [6, 6.07) is 21.1. The highest BCUT2D eigenvalue weighted by molar-refractivity contribution is 7.22.